The molecule has 0 saturated carbocycles. The van der Waals surface area contributed by atoms with Crippen LogP contribution < -0.4 is 14.4 Å². The number of halogens is 3. The lowest BCUT2D eigenvalue weighted by Gasteiger charge is -2.12. The van der Waals surface area contributed by atoms with Crippen molar-refractivity contribution in [1.29, 1.82) is 0 Å². The predicted octanol–water partition coefficient (Wildman–Crippen LogP) is 3.39. The lowest BCUT2D eigenvalue weighted by atomic mass is 10.1. The van der Waals surface area contributed by atoms with Gasteiger partial charge in [0.25, 0.3) is 11.8 Å². The number of aromatic nitrogens is 4. The van der Waals surface area contributed by atoms with Gasteiger partial charge in [0.2, 0.25) is 0 Å². The zero-order valence-electron chi connectivity index (χ0n) is 19.0. The number of nitrogens with zero attached hydrogens (tertiary/aromatic N) is 5. The van der Waals surface area contributed by atoms with Crippen molar-refractivity contribution in [2.24, 2.45) is 0 Å². The molecule has 34 heavy (non-hydrogen) atoms. The molecular weight excluding hydrogens is 455 g/mol. The van der Waals surface area contributed by atoms with Crippen LogP contribution in [0.5, 0.6) is 11.6 Å². The van der Waals surface area contributed by atoms with Gasteiger partial charge in [0.15, 0.2) is 5.75 Å². The van der Waals surface area contributed by atoms with Gasteiger partial charge in [-0.25, -0.2) is 4.98 Å². The number of alkyl halides is 3. The molecule has 4 rings (SSSR count). The van der Waals surface area contributed by atoms with Gasteiger partial charge in [-0.2, -0.15) is 18.3 Å². The van der Waals surface area contributed by atoms with E-state index in [4.69, 9.17) is 14.6 Å². The topological polar surface area (TPSA) is 103 Å². The summed E-state index contributed by atoms with van der Waals surface area (Å²) in [4.78, 5) is 23.1. The summed E-state index contributed by atoms with van der Waals surface area (Å²) < 4.78 is 49.0. The predicted molar refractivity (Wildman–Crippen MR) is 117 cm³/mol. The fourth-order valence-electron chi connectivity index (χ4n) is 3.49. The Labute approximate surface area is 193 Å². The van der Waals surface area contributed by atoms with Crippen LogP contribution in [-0.4, -0.2) is 57.8 Å². The van der Waals surface area contributed by atoms with Crippen molar-refractivity contribution in [2.45, 2.75) is 33.1 Å². The molecule has 0 aliphatic carbocycles. The fourth-order valence-corrected chi connectivity index (χ4v) is 3.49. The molecule has 0 atom stereocenters. The van der Waals surface area contributed by atoms with Crippen LogP contribution in [0.15, 0.2) is 30.7 Å². The largest absolute Gasteiger partial charge is 0.491 e. The number of amides is 1. The zero-order chi connectivity index (χ0) is 25.0. The van der Waals surface area contributed by atoms with Gasteiger partial charge in [-0.05, 0) is 31.5 Å². The van der Waals surface area contributed by atoms with E-state index >= 15 is 0 Å². The first kappa shape index (κ1) is 25.0. The zero-order valence-corrected chi connectivity index (χ0v) is 19.0. The van der Waals surface area contributed by atoms with Crippen LogP contribution in [0.4, 0.5) is 18.9 Å². The van der Waals surface area contributed by atoms with Gasteiger partial charge < -0.3 is 14.6 Å². The maximum Gasteiger partial charge on any atom is 0.408 e. The SMILES string of the molecule is CCO.COc1cc(-c2cc(C)c3c(n2)CN(c2cnn(CC(F)(F)F)c2)C3=O)cnc1OC. The van der Waals surface area contributed by atoms with E-state index in [2.05, 4.69) is 15.1 Å². The maximum absolute atomic E-state index is 12.9. The number of hydrogen-bond donors (Lipinski definition) is 1. The van der Waals surface area contributed by atoms with Crippen molar-refractivity contribution in [3.8, 4) is 22.9 Å². The molecule has 1 N–H and O–H groups in total. The lowest BCUT2D eigenvalue weighted by molar-refractivity contribution is -0.142. The summed E-state index contributed by atoms with van der Waals surface area (Å²) in [5.41, 5.74) is 3.20. The number of pyridine rings is 2. The summed E-state index contributed by atoms with van der Waals surface area (Å²) in [6, 6.07) is 3.49. The van der Waals surface area contributed by atoms with Gasteiger partial charge in [0, 0.05) is 24.6 Å². The van der Waals surface area contributed by atoms with Crippen LogP contribution in [0.3, 0.4) is 0 Å². The monoisotopic (exact) mass is 479 g/mol. The third-order valence-corrected chi connectivity index (χ3v) is 4.86. The molecule has 0 fully saturated rings. The molecule has 0 radical (unpaired) electrons. The van der Waals surface area contributed by atoms with Crippen LogP contribution in [0, 0.1) is 6.92 Å². The lowest BCUT2D eigenvalue weighted by Crippen LogP contribution is -2.23. The Kier molecular flexibility index (Phi) is 7.40. The van der Waals surface area contributed by atoms with Crippen molar-refractivity contribution in [2.75, 3.05) is 25.7 Å². The van der Waals surface area contributed by atoms with Gasteiger partial charge in [0.05, 0.1) is 49.6 Å². The minimum absolute atomic E-state index is 0.126. The Hall–Kier alpha value is -3.67. The molecule has 3 aromatic rings. The minimum Gasteiger partial charge on any atom is -0.491 e. The Morgan fingerprint density at radius 3 is 2.50 bits per heavy atom. The van der Waals surface area contributed by atoms with Crippen LogP contribution in [0.1, 0.15) is 28.5 Å². The van der Waals surface area contributed by atoms with E-state index in [9.17, 15) is 18.0 Å². The molecule has 1 aliphatic heterocycles. The van der Waals surface area contributed by atoms with E-state index < -0.39 is 12.7 Å². The molecule has 0 bridgehead atoms. The Balaban J connectivity index is 0.00000103. The second kappa shape index (κ2) is 10.1. The summed E-state index contributed by atoms with van der Waals surface area (Å²) in [6.07, 6.45) is -0.372. The molecule has 0 aromatic carbocycles. The van der Waals surface area contributed by atoms with E-state index in [1.165, 1.54) is 31.5 Å². The van der Waals surface area contributed by atoms with Gasteiger partial charge in [-0.3, -0.25) is 19.4 Å². The van der Waals surface area contributed by atoms with Gasteiger partial charge in [0.1, 0.15) is 6.54 Å². The highest BCUT2D eigenvalue weighted by molar-refractivity contribution is 6.10. The first-order valence-corrected chi connectivity index (χ1v) is 10.2. The van der Waals surface area contributed by atoms with Crippen molar-refractivity contribution in [3.05, 3.63) is 47.5 Å². The Bertz CT molecular complexity index is 1180. The third-order valence-electron chi connectivity index (χ3n) is 4.86. The van der Waals surface area contributed by atoms with Crippen molar-refractivity contribution in [3.63, 3.8) is 0 Å². The summed E-state index contributed by atoms with van der Waals surface area (Å²) >= 11 is 0. The fraction of sp³-hybridized carbons (Fsp3) is 0.364. The average molecular weight is 479 g/mol. The van der Waals surface area contributed by atoms with E-state index in [0.29, 0.717) is 39.7 Å². The highest BCUT2D eigenvalue weighted by Gasteiger charge is 2.34. The van der Waals surface area contributed by atoms with E-state index in [1.807, 2.05) is 0 Å². The van der Waals surface area contributed by atoms with Crippen LogP contribution in [0.25, 0.3) is 11.3 Å². The quantitative estimate of drug-likeness (QED) is 0.599. The highest BCUT2D eigenvalue weighted by atomic mass is 19.4. The number of carbonyl (C=O) groups is 1. The maximum atomic E-state index is 12.9. The van der Waals surface area contributed by atoms with Gasteiger partial charge in [-0.15, -0.1) is 0 Å². The number of rotatable bonds is 5. The van der Waals surface area contributed by atoms with Crippen molar-refractivity contribution < 1.29 is 32.5 Å². The van der Waals surface area contributed by atoms with Gasteiger partial charge >= 0.3 is 6.18 Å². The molecule has 9 nitrogen and oxygen atoms in total. The number of ether oxygens (including phenoxy) is 2. The number of fused-ring (bicyclic) bond motifs is 1. The van der Waals surface area contributed by atoms with Crippen molar-refractivity contribution in [1.82, 2.24) is 19.7 Å². The molecule has 0 spiro atoms. The number of aliphatic hydroxyl groups excluding tert-OH is 1. The number of anilines is 1. The molecule has 4 heterocycles. The minimum atomic E-state index is -4.40. The first-order valence-electron chi connectivity index (χ1n) is 10.2. The van der Waals surface area contributed by atoms with Gasteiger partial charge in [-0.1, -0.05) is 0 Å². The number of methoxy groups -OCH3 is 2. The first-order chi connectivity index (χ1) is 16.1. The number of hydrogen-bond acceptors (Lipinski definition) is 7. The average Bonchev–Trinajstić information content (AvgIpc) is 3.36. The van der Waals surface area contributed by atoms with Crippen LogP contribution in [-0.2, 0) is 13.1 Å². The smallest absolute Gasteiger partial charge is 0.408 e. The highest BCUT2D eigenvalue weighted by Crippen LogP contribution is 2.34. The summed E-state index contributed by atoms with van der Waals surface area (Å²) in [6.45, 7) is 2.61. The van der Waals surface area contributed by atoms with E-state index in [0.717, 1.165) is 4.68 Å². The van der Waals surface area contributed by atoms with Crippen molar-refractivity contribution >= 4 is 11.6 Å². The molecule has 1 aliphatic rings. The standard InChI is InChI=1S/C20H18F3N5O3.C2H6O/c1-11-4-14(12-5-16(30-2)18(31-3)24-6-12)26-15-9-28(19(29)17(11)15)13-7-25-27(8-13)10-20(21,22)23;1-2-3/h4-8H,9-10H2,1-3H3;3H,2H2,1H3. The number of carbonyl (C=O) groups excluding carboxylic acids is 1. The van der Waals surface area contributed by atoms with Crippen LogP contribution in [0.2, 0.25) is 0 Å². The molecule has 3 aromatic heterocycles. The molecule has 0 unspecified atom stereocenters. The molecule has 1 amide bonds. The Morgan fingerprint density at radius 1 is 1.18 bits per heavy atom. The summed E-state index contributed by atoms with van der Waals surface area (Å²) in [7, 11) is 2.99. The summed E-state index contributed by atoms with van der Waals surface area (Å²) in [5.74, 6) is 0.444. The number of aliphatic hydroxyl groups is 1. The Morgan fingerprint density at radius 2 is 1.88 bits per heavy atom. The second-order valence-corrected chi connectivity index (χ2v) is 7.30. The molecule has 12 heteroatoms. The van der Waals surface area contributed by atoms with E-state index in [-0.39, 0.29) is 24.7 Å². The van der Waals surface area contributed by atoms with E-state index in [1.54, 1.807) is 32.2 Å². The molecule has 182 valence electrons. The summed E-state index contributed by atoms with van der Waals surface area (Å²) in [5, 5.41) is 11.3. The second-order valence-electron chi connectivity index (χ2n) is 7.30. The van der Waals surface area contributed by atoms with Crippen LogP contribution >= 0.6 is 0 Å². The normalized spacial score (nSPS) is 12.8. The third kappa shape index (κ3) is 5.28. The molecule has 0 saturated heterocycles. The number of aryl methyl sites for hydroxylation is 1. The molecular formula is C22H24F3N5O4.